The van der Waals surface area contributed by atoms with Crippen LogP contribution < -0.4 is 16.8 Å². The molecule has 0 bridgehead atoms. The van der Waals surface area contributed by atoms with Crippen LogP contribution in [0.2, 0.25) is 5.02 Å². The molecule has 6 heteroatoms. The number of hydrogen-bond donors (Lipinski definition) is 3. The molecule has 0 saturated carbocycles. The van der Waals surface area contributed by atoms with Crippen LogP contribution in [0, 0.1) is 0 Å². The predicted molar refractivity (Wildman–Crippen MR) is 75.9 cm³/mol. The number of nitrogens with two attached hydrogens (primary N) is 2. The maximum absolute atomic E-state index is 11.1. The van der Waals surface area contributed by atoms with Crippen LogP contribution in [0.4, 0.5) is 11.5 Å². The molecule has 1 aromatic heterocycles. The van der Waals surface area contributed by atoms with Crippen molar-refractivity contribution < 1.29 is 4.79 Å². The molecule has 1 amide bonds. The van der Waals surface area contributed by atoms with Gasteiger partial charge in [-0.25, -0.2) is 4.98 Å². The van der Waals surface area contributed by atoms with Crippen molar-refractivity contribution in [2.45, 2.75) is 6.54 Å². The summed E-state index contributed by atoms with van der Waals surface area (Å²) in [4.78, 5) is 15.1. The smallest absolute Gasteiger partial charge is 0.267 e. The number of aromatic nitrogens is 1. The second kappa shape index (κ2) is 5.58. The summed E-state index contributed by atoms with van der Waals surface area (Å²) in [7, 11) is 0. The molecule has 1 aromatic carbocycles. The van der Waals surface area contributed by atoms with Crippen molar-refractivity contribution in [1.82, 2.24) is 4.98 Å². The van der Waals surface area contributed by atoms with Crippen LogP contribution in [0.1, 0.15) is 16.1 Å². The Bertz CT molecular complexity index is 598. The number of nitrogen functional groups attached to an aromatic ring is 1. The normalized spacial score (nSPS) is 10.2. The topological polar surface area (TPSA) is 94.0 Å². The van der Waals surface area contributed by atoms with E-state index in [-0.39, 0.29) is 5.69 Å². The molecule has 0 aliphatic carbocycles. The van der Waals surface area contributed by atoms with Crippen LogP contribution in [0.25, 0.3) is 0 Å². The number of amides is 1. The number of nitrogens with one attached hydrogen (secondary N) is 1. The first kappa shape index (κ1) is 13.2. The zero-order valence-corrected chi connectivity index (χ0v) is 10.8. The summed E-state index contributed by atoms with van der Waals surface area (Å²) >= 11 is 5.81. The van der Waals surface area contributed by atoms with Crippen molar-refractivity contribution in [3.63, 3.8) is 0 Å². The molecule has 0 unspecified atom stereocenters. The van der Waals surface area contributed by atoms with Crippen molar-refractivity contribution in [3.05, 3.63) is 52.7 Å². The second-order valence-corrected chi connectivity index (χ2v) is 4.42. The summed E-state index contributed by atoms with van der Waals surface area (Å²) in [6.07, 6.45) is 0. The molecule has 5 nitrogen and oxygen atoms in total. The largest absolute Gasteiger partial charge is 0.396 e. The molecule has 0 atom stereocenters. The molecule has 19 heavy (non-hydrogen) atoms. The number of benzene rings is 1. The van der Waals surface area contributed by atoms with E-state index in [1.54, 1.807) is 18.2 Å². The highest BCUT2D eigenvalue weighted by Crippen LogP contribution is 2.17. The number of anilines is 2. The number of rotatable bonds is 4. The van der Waals surface area contributed by atoms with Crippen LogP contribution in [0.15, 0.2) is 36.4 Å². The summed E-state index contributed by atoms with van der Waals surface area (Å²) in [5.74, 6) is -0.152. The molecule has 2 aromatic rings. The van der Waals surface area contributed by atoms with Crippen LogP contribution >= 0.6 is 11.6 Å². The Morgan fingerprint density at radius 2 is 1.89 bits per heavy atom. The molecule has 1 heterocycles. The lowest BCUT2D eigenvalue weighted by atomic mass is 10.2. The quantitative estimate of drug-likeness (QED) is 0.796. The van der Waals surface area contributed by atoms with E-state index in [1.807, 2.05) is 12.1 Å². The molecular formula is C13H13ClN4O. The fourth-order valence-corrected chi connectivity index (χ4v) is 1.66. The number of pyridine rings is 1. The Morgan fingerprint density at radius 1 is 1.21 bits per heavy atom. The van der Waals surface area contributed by atoms with E-state index in [0.29, 0.717) is 23.1 Å². The number of carbonyl (C=O) groups excluding carboxylic acids is 1. The first-order valence-corrected chi connectivity index (χ1v) is 5.98. The summed E-state index contributed by atoms with van der Waals surface area (Å²) in [5, 5.41) is 3.73. The molecule has 0 aliphatic heterocycles. The number of nitrogens with zero attached hydrogens (tertiary/aromatic N) is 1. The Kier molecular flexibility index (Phi) is 3.87. The van der Waals surface area contributed by atoms with Crippen molar-refractivity contribution in [2.75, 3.05) is 11.1 Å². The first-order chi connectivity index (χ1) is 9.06. The van der Waals surface area contributed by atoms with E-state index < -0.39 is 5.91 Å². The summed E-state index contributed by atoms with van der Waals surface area (Å²) < 4.78 is 0. The number of primary amides is 1. The average molecular weight is 277 g/mol. The van der Waals surface area contributed by atoms with Gasteiger partial charge in [-0.05, 0) is 29.8 Å². The van der Waals surface area contributed by atoms with Crippen molar-refractivity contribution in [2.24, 2.45) is 5.73 Å². The van der Waals surface area contributed by atoms with Crippen molar-refractivity contribution in [1.29, 1.82) is 0 Å². The second-order valence-electron chi connectivity index (χ2n) is 3.98. The molecule has 2 rings (SSSR count). The van der Waals surface area contributed by atoms with E-state index >= 15 is 0 Å². The predicted octanol–water partition coefficient (Wildman–Crippen LogP) is 2.03. The molecular weight excluding hydrogens is 264 g/mol. The van der Waals surface area contributed by atoms with Crippen LogP contribution in [-0.4, -0.2) is 10.9 Å². The highest BCUT2D eigenvalue weighted by Gasteiger charge is 2.06. The average Bonchev–Trinajstić information content (AvgIpc) is 2.39. The molecule has 98 valence electrons. The molecule has 0 radical (unpaired) electrons. The van der Waals surface area contributed by atoms with E-state index in [0.717, 1.165) is 5.56 Å². The minimum absolute atomic E-state index is 0.174. The van der Waals surface area contributed by atoms with Gasteiger partial charge in [0.05, 0.1) is 5.69 Å². The van der Waals surface area contributed by atoms with Gasteiger partial charge >= 0.3 is 0 Å². The van der Waals surface area contributed by atoms with Crippen LogP contribution in [0.3, 0.4) is 0 Å². The molecule has 0 saturated heterocycles. The van der Waals surface area contributed by atoms with Gasteiger partial charge in [-0.3, -0.25) is 4.79 Å². The Balaban J connectivity index is 2.12. The maximum Gasteiger partial charge on any atom is 0.267 e. The Morgan fingerprint density at radius 3 is 2.53 bits per heavy atom. The zero-order valence-electron chi connectivity index (χ0n) is 10.1. The van der Waals surface area contributed by atoms with E-state index in [9.17, 15) is 4.79 Å². The Hall–Kier alpha value is -2.27. The molecule has 0 fully saturated rings. The third-order valence-electron chi connectivity index (χ3n) is 2.55. The summed E-state index contributed by atoms with van der Waals surface area (Å²) in [6, 6.07) is 10.5. The monoisotopic (exact) mass is 276 g/mol. The fraction of sp³-hybridized carbons (Fsp3) is 0.0769. The van der Waals surface area contributed by atoms with Gasteiger partial charge in [-0.15, -0.1) is 0 Å². The van der Waals surface area contributed by atoms with Gasteiger partial charge in [0, 0.05) is 11.6 Å². The third kappa shape index (κ3) is 3.35. The Labute approximate surface area is 115 Å². The van der Waals surface area contributed by atoms with E-state index in [2.05, 4.69) is 10.3 Å². The van der Waals surface area contributed by atoms with Gasteiger partial charge in [0.15, 0.2) is 0 Å². The van der Waals surface area contributed by atoms with E-state index in [1.165, 1.54) is 6.07 Å². The maximum atomic E-state index is 11.1. The zero-order chi connectivity index (χ0) is 13.8. The third-order valence-corrected chi connectivity index (χ3v) is 2.80. The molecule has 0 spiro atoms. The van der Waals surface area contributed by atoms with Crippen LogP contribution in [-0.2, 0) is 6.54 Å². The van der Waals surface area contributed by atoms with E-state index in [4.69, 9.17) is 23.1 Å². The number of carbonyl (C=O) groups is 1. The summed E-state index contributed by atoms with van der Waals surface area (Å²) in [5.41, 5.74) is 12.6. The van der Waals surface area contributed by atoms with Gasteiger partial charge in [0.25, 0.3) is 5.91 Å². The van der Waals surface area contributed by atoms with Crippen LogP contribution in [0.5, 0.6) is 0 Å². The minimum atomic E-state index is -0.588. The van der Waals surface area contributed by atoms with Gasteiger partial charge < -0.3 is 16.8 Å². The standard InChI is InChI=1S/C13H13ClN4O/c14-9-3-1-8(2-4-9)7-17-13-10(15)5-6-11(18-13)12(16)19/h1-6H,7,15H2,(H2,16,19)(H,17,18). The lowest BCUT2D eigenvalue weighted by Gasteiger charge is -2.09. The summed E-state index contributed by atoms with van der Waals surface area (Å²) in [6.45, 7) is 0.524. The van der Waals surface area contributed by atoms with Gasteiger partial charge in [-0.2, -0.15) is 0 Å². The number of halogens is 1. The van der Waals surface area contributed by atoms with Gasteiger partial charge in [0.2, 0.25) is 0 Å². The van der Waals surface area contributed by atoms with Crippen molar-refractivity contribution in [3.8, 4) is 0 Å². The van der Waals surface area contributed by atoms with Gasteiger partial charge in [0.1, 0.15) is 11.5 Å². The number of hydrogen-bond acceptors (Lipinski definition) is 4. The fourth-order valence-electron chi connectivity index (χ4n) is 1.54. The lowest BCUT2D eigenvalue weighted by molar-refractivity contribution is 0.0996. The minimum Gasteiger partial charge on any atom is -0.396 e. The SMILES string of the molecule is NC(=O)c1ccc(N)c(NCc2ccc(Cl)cc2)n1. The first-order valence-electron chi connectivity index (χ1n) is 5.61. The lowest BCUT2D eigenvalue weighted by Crippen LogP contribution is -2.15. The molecule has 0 aliphatic rings. The van der Waals surface area contributed by atoms with Crippen molar-refractivity contribution >= 4 is 29.0 Å². The highest BCUT2D eigenvalue weighted by atomic mass is 35.5. The highest BCUT2D eigenvalue weighted by molar-refractivity contribution is 6.30. The van der Waals surface area contributed by atoms with Gasteiger partial charge in [-0.1, -0.05) is 23.7 Å². The molecule has 5 N–H and O–H groups in total.